The highest BCUT2D eigenvalue weighted by atomic mass is 32.2. The van der Waals surface area contributed by atoms with Gasteiger partial charge in [-0.05, 0) is 77.4 Å². The number of hydrogen-bond donors (Lipinski definition) is 0. The van der Waals surface area contributed by atoms with E-state index in [0.717, 1.165) is 35.6 Å². The lowest BCUT2D eigenvalue weighted by Gasteiger charge is -2.42. The third kappa shape index (κ3) is 2.48. The van der Waals surface area contributed by atoms with Gasteiger partial charge in [0.15, 0.2) is 16.6 Å². The van der Waals surface area contributed by atoms with Crippen molar-refractivity contribution in [2.45, 2.75) is 41.2 Å². The van der Waals surface area contributed by atoms with Crippen LogP contribution in [0.5, 0.6) is 11.5 Å². The summed E-state index contributed by atoms with van der Waals surface area (Å²) in [6, 6.07) is 12.6. The molecule has 2 aliphatic heterocycles. The number of allylic oxidation sites excluding steroid dienone is 1. The number of hydrogen-bond acceptors (Lipinski definition) is 4. The monoisotopic (exact) mass is 434 g/mol. The molecule has 2 aromatic carbocycles. The van der Waals surface area contributed by atoms with Gasteiger partial charge in [-0.1, -0.05) is 18.2 Å². The van der Waals surface area contributed by atoms with Gasteiger partial charge in [0, 0.05) is 26.9 Å². The Hall–Kier alpha value is -2.24. The van der Waals surface area contributed by atoms with Gasteiger partial charge in [0.1, 0.15) is 0 Å². The first-order chi connectivity index (χ1) is 14.7. The summed E-state index contributed by atoms with van der Waals surface area (Å²) in [7, 11) is 0. The van der Waals surface area contributed by atoms with Crippen LogP contribution in [0, 0.1) is 5.13 Å². The van der Waals surface area contributed by atoms with E-state index in [2.05, 4.69) is 36.4 Å². The second kappa shape index (κ2) is 6.38. The zero-order valence-corrected chi connectivity index (χ0v) is 17.8. The maximum Gasteiger partial charge on any atom is 0.231 e. The van der Waals surface area contributed by atoms with Crippen LogP contribution in [0.15, 0.2) is 47.4 Å². The molecule has 4 aliphatic rings. The maximum atomic E-state index is 13.8. The Morgan fingerprint density at radius 2 is 1.97 bits per heavy atom. The number of halogens is 1. The fraction of sp³-hybridized carbons (Fsp3) is 0.280. The van der Waals surface area contributed by atoms with Crippen molar-refractivity contribution < 1.29 is 13.9 Å². The molecule has 150 valence electrons. The van der Waals surface area contributed by atoms with Gasteiger partial charge in [-0.3, -0.25) is 0 Å². The summed E-state index contributed by atoms with van der Waals surface area (Å²) in [6.45, 7) is 0.327. The van der Waals surface area contributed by atoms with Crippen LogP contribution in [0.25, 0.3) is 6.08 Å². The Kier molecular flexibility index (Phi) is 3.71. The molecule has 2 nitrogen and oxygen atoms in total. The molecule has 0 fully saturated rings. The Morgan fingerprint density at radius 1 is 1.03 bits per heavy atom. The minimum Gasteiger partial charge on any atom is -0.454 e. The molecule has 0 bridgehead atoms. The standard InChI is InChI=1S/C25H19FO2S2/c26-23-11-18-22(30-23)8-5-16-24-15(25(16)18)4-7-21-17(24)10-14(29-21)3-1-13-2-6-19-20(9-13)28-12-27-19/h2,4-9,11,14,16,25H,1,3,10,12H2. The summed E-state index contributed by atoms with van der Waals surface area (Å²) in [5.74, 6) is 2.49. The highest BCUT2D eigenvalue weighted by Crippen LogP contribution is 2.59. The number of fused-ring (bicyclic) bond motifs is 9. The van der Waals surface area contributed by atoms with Crippen LogP contribution in [0.2, 0.25) is 0 Å². The van der Waals surface area contributed by atoms with Crippen molar-refractivity contribution in [3.8, 4) is 11.5 Å². The summed E-state index contributed by atoms with van der Waals surface area (Å²) in [5, 5.41) is 0.539. The third-order valence-corrected chi connectivity index (χ3v) is 9.12. The number of thioether (sulfide) groups is 1. The normalized spacial score (nSPS) is 24.1. The first kappa shape index (κ1) is 17.4. The van der Waals surface area contributed by atoms with E-state index < -0.39 is 0 Å². The molecule has 0 spiro atoms. The third-order valence-electron chi connectivity index (χ3n) is 6.84. The average Bonchev–Trinajstić information content (AvgIpc) is 3.44. The van der Waals surface area contributed by atoms with Crippen molar-refractivity contribution in [2.24, 2.45) is 0 Å². The van der Waals surface area contributed by atoms with E-state index in [4.69, 9.17) is 9.47 Å². The molecule has 7 rings (SSSR count). The molecular formula is C25H19FO2S2. The number of ether oxygens (including phenoxy) is 2. The number of benzene rings is 2. The van der Waals surface area contributed by atoms with E-state index in [1.54, 1.807) is 11.6 Å². The SMILES string of the molecule is Fc1cc2c(s1)C=CC1c3c(ccc4c3CC(CCc3ccc5c(c3)OCO5)S4)C21. The zero-order chi connectivity index (χ0) is 19.8. The first-order valence-electron chi connectivity index (χ1n) is 10.4. The van der Waals surface area contributed by atoms with Gasteiger partial charge in [-0.15, -0.1) is 23.1 Å². The van der Waals surface area contributed by atoms with Gasteiger partial charge in [0.25, 0.3) is 0 Å². The molecule has 0 radical (unpaired) electrons. The molecule has 2 aliphatic carbocycles. The predicted molar refractivity (Wildman–Crippen MR) is 119 cm³/mol. The van der Waals surface area contributed by atoms with E-state index in [1.807, 2.05) is 17.8 Å². The molecule has 5 heteroatoms. The van der Waals surface area contributed by atoms with E-state index in [-0.39, 0.29) is 5.13 Å². The minimum absolute atomic E-state index is 0.0703. The van der Waals surface area contributed by atoms with Gasteiger partial charge < -0.3 is 9.47 Å². The predicted octanol–water partition coefficient (Wildman–Crippen LogP) is 6.52. The largest absolute Gasteiger partial charge is 0.454 e. The molecule has 3 unspecified atom stereocenters. The quantitative estimate of drug-likeness (QED) is 0.467. The van der Waals surface area contributed by atoms with Gasteiger partial charge in [0.2, 0.25) is 6.79 Å². The molecule has 0 saturated carbocycles. The van der Waals surface area contributed by atoms with Crippen LogP contribution < -0.4 is 9.47 Å². The van der Waals surface area contributed by atoms with Crippen LogP contribution in [0.4, 0.5) is 4.39 Å². The van der Waals surface area contributed by atoms with Crippen LogP contribution >= 0.6 is 23.1 Å². The van der Waals surface area contributed by atoms with Crippen molar-refractivity contribution >= 4 is 29.2 Å². The van der Waals surface area contributed by atoms with Crippen LogP contribution in [-0.2, 0) is 12.8 Å². The lowest BCUT2D eigenvalue weighted by Crippen LogP contribution is -2.27. The van der Waals surface area contributed by atoms with Gasteiger partial charge >= 0.3 is 0 Å². The number of rotatable bonds is 3. The van der Waals surface area contributed by atoms with Gasteiger partial charge in [0.05, 0.1) is 0 Å². The highest BCUT2D eigenvalue weighted by molar-refractivity contribution is 8.00. The van der Waals surface area contributed by atoms with Crippen molar-refractivity contribution in [3.63, 3.8) is 0 Å². The second-order valence-corrected chi connectivity index (χ2v) is 10.8. The van der Waals surface area contributed by atoms with Gasteiger partial charge in [-0.25, -0.2) is 0 Å². The van der Waals surface area contributed by atoms with E-state index in [1.165, 1.54) is 38.5 Å². The van der Waals surface area contributed by atoms with E-state index >= 15 is 0 Å². The molecule has 1 aromatic heterocycles. The lowest BCUT2D eigenvalue weighted by molar-refractivity contribution is 0.174. The summed E-state index contributed by atoms with van der Waals surface area (Å²) >= 11 is 3.30. The van der Waals surface area contributed by atoms with E-state index in [0.29, 0.717) is 23.9 Å². The summed E-state index contributed by atoms with van der Waals surface area (Å²) in [6.07, 6.45) is 7.77. The smallest absolute Gasteiger partial charge is 0.231 e. The second-order valence-electron chi connectivity index (χ2n) is 8.45. The molecule has 3 heterocycles. The average molecular weight is 435 g/mol. The fourth-order valence-electron chi connectivity index (χ4n) is 5.47. The Morgan fingerprint density at radius 3 is 2.93 bits per heavy atom. The molecule has 3 aromatic rings. The summed E-state index contributed by atoms with van der Waals surface area (Å²) in [5.41, 5.74) is 6.97. The number of thiophene rings is 1. The van der Waals surface area contributed by atoms with Crippen LogP contribution in [0.1, 0.15) is 51.0 Å². The molecule has 30 heavy (non-hydrogen) atoms. The Labute approximate surface area is 182 Å². The Balaban J connectivity index is 1.12. The highest BCUT2D eigenvalue weighted by Gasteiger charge is 2.44. The van der Waals surface area contributed by atoms with Gasteiger partial charge in [-0.2, -0.15) is 4.39 Å². The van der Waals surface area contributed by atoms with Crippen molar-refractivity contribution in [1.82, 2.24) is 0 Å². The Bertz CT molecular complexity index is 1230. The molecule has 3 atom stereocenters. The molecule has 0 N–H and O–H groups in total. The number of aryl methyl sites for hydroxylation is 1. The zero-order valence-electron chi connectivity index (χ0n) is 16.2. The van der Waals surface area contributed by atoms with Crippen molar-refractivity contribution in [2.75, 3.05) is 6.79 Å². The van der Waals surface area contributed by atoms with Crippen LogP contribution in [-0.4, -0.2) is 12.0 Å². The molecule has 0 saturated heterocycles. The summed E-state index contributed by atoms with van der Waals surface area (Å²) < 4.78 is 24.8. The van der Waals surface area contributed by atoms with Crippen molar-refractivity contribution in [1.29, 1.82) is 0 Å². The molecule has 0 amide bonds. The van der Waals surface area contributed by atoms with Crippen LogP contribution in [0.3, 0.4) is 0 Å². The minimum atomic E-state index is -0.0703. The maximum absolute atomic E-state index is 13.8. The lowest BCUT2D eigenvalue weighted by atomic mass is 9.61. The fourth-order valence-corrected chi connectivity index (χ4v) is 7.64. The molecular weight excluding hydrogens is 415 g/mol. The van der Waals surface area contributed by atoms with E-state index in [9.17, 15) is 4.39 Å². The summed E-state index contributed by atoms with van der Waals surface area (Å²) in [4.78, 5) is 2.54. The topological polar surface area (TPSA) is 18.5 Å². The van der Waals surface area contributed by atoms with Crippen molar-refractivity contribution in [3.05, 3.63) is 80.3 Å². The first-order valence-corrected chi connectivity index (χ1v) is 12.1.